The van der Waals surface area contributed by atoms with Crippen molar-refractivity contribution in [3.05, 3.63) is 53.6 Å². The van der Waals surface area contributed by atoms with E-state index in [-0.39, 0.29) is 0 Å². The van der Waals surface area contributed by atoms with Crippen LogP contribution in [-0.2, 0) is 6.42 Å². The molecule has 0 amide bonds. The Labute approximate surface area is 108 Å². The van der Waals surface area contributed by atoms with Gasteiger partial charge >= 0.3 is 0 Å². The molecule has 0 nitrogen and oxygen atoms in total. The van der Waals surface area contributed by atoms with E-state index in [1.165, 1.54) is 16.7 Å². The average molecular weight is 232 g/mol. The third kappa shape index (κ3) is 6.78. The van der Waals surface area contributed by atoms with Gasteiger partial charge in [-0.2, -0.15) is 0 Å². The number of hydrogen-bond donors (Lipinski definition) is 0. The van der Waals surface area contributed by atoms with E-state index in [9.17, 15) is 0 Å². The molecule has 96 valence electrons. The minimum absolute atomic E-state index is 1.01. The van der Waals surface area contributed by atoms with E-state index in [0.29, 0.717) is 0 Å². The number of rotatable bonds is 0. The van der Waals surface area contributed by atoms with Crippen molar-refractivity contribution in [3.8, 4) is 0 Å². The van der Waals surface area contributed by atoms with Crippen LogP contribution in [0.4, 0.5) is 0 Å². The normalized spacial score (nSPS) is 10.6. The van der Waals surface area contributed by atoms with Crippen LogP contribution in [-0.4, -0.2) is 0 Å². The second-order valence-electron chi connectivity index (χ2n) is 2.87. The van der Waals surface area contributed by atoms with Crippen LogP contribution in [0.1, 0.15) is 52.7 Å². The van der Waals surface area contributed by atoms with Crippen LogP contribution in [0.5, 0.6) is 0 Å². The Morgan fingerprint density at radius 3 is 1.94 bits per heavy atom. The maximum Gasteiger partial charge on any atom is -0.00257 e. The first-order valence-corrected chi connectivity index (χ1v) is 6.80. The van der Waals surface area contributed by atoms with Crippen molar-refractivity contribution >= 4 is 6.08 Å². The molecule has 0 aromatic heterocycles. The molecular weight excluding hydrogens is 204 g/mol. The quantitative estimate of drug-likeness (QED) is 0.523. The third-order valence-electron chi connectivity index (χ3n) is 1.97. The molecule has 0 aliphatic heterocycles. The predicted octanol–water partition coefficient (Wildman–Crippen LogP) is 5.89. The molecule has 0 unspecified atom stereocenters. The smallest absolute Gasteiger partial charge is 0.00257 e. The van der Waals surface area contributed by atoms with Crippen LogP contribution in [0, 0.1) is 0 Å². The zero-order chi connectivity index (χ0) is 13.7. The van der Waals surface area contributed by atoms with Gasteiger partial charge in [-0.25, -0.2) is 0 Å². The van der Waals surface area contributed by atoms with E-state index < -0.39 is 0 Å². The van der Waals surface area contributed by atoms with Crippen LogP contribution in [0.2, 0.25) is 0 Å². The summed E-state index contributed by atoms with van der Waals surface area (Å²) in [5, 5.41) is 0. The Balaban J connectivity index is 0. The summed E-state index contributed by atoms with van der Waals surface area (Å²) in [6, 6.07) is 8.44. The van der Waals surface area contributed by atoms with Gasteiger partial charge in [-0.1, -0.05) is 90.1 Å². The third-order valence-corrected chi connectivity index (χ3v) is 1.97. The fourth-order valence-corrected chi connectivity index (χ4v) is 1.37. The Morgan fingerprint density at radius 2 is 1.35 bits per heavy atom. The van der Waals surface area contributed by atoms with Gasteiger partial charge in [0.15, 0.2) is 0 Å². The Morgan fingerprint density at radius 1 is 0.824 bits per heavy atom. The lowest BCUT2D eigenvalue weighted by atomic mass is 9.95. The van der Waals surface area contributed by atoms with Gasteiger partial charge in [0, 0.05) is 0 Å². The highest BCUT2D eigenvalue weighted by atomic mass is 14.1. The van der Waals surface area contributed by atoms with Gasteiger partial charge in [0.25, 0.3) is 0 Å². The first-order valence-electron chi connectivity index (χ1n) is 6.80. The molecule has 0 fully saturated rings. The van der Waals surface area contributed by atoms with E-state index in [0.717, 1.165) is 6.42 Å². The highest BCUT2D eigenvalue weighted by Gasteiger charge is 2.03. The van der Waals surface area contributed by atoms with Crippen molar-refractivity contribution in [1.29, 1.82) is 0 Å². The molecule has 17 heavy (non-hydrogen) atoms. The summed E-state index contributed by atoms with van der Waals surface area (Å²) in [7, 11) is 0. The highest BCUT2D eigenvalue weighted by molar-refractivity contribution is 5.61. The van der Waals surface area contributed by atoms with Crippen molar-refractivity contribution in [2.24, 2.45) is 0 Å². The lowest BCUT2D eigenvalue weighted by molar-refractivity contribution is 1.18. The number of fused-ring (bicyclic) bond motifs is 1. The van der Waals surface area contributed by atoms with Crippen LogP contribution in [0.3, 0.4) is 0 Å². The molecule has 0 spiro atoms. The number of hydrogen-bond acceptors (Lipinski definition) is 0. The van der Waals surface area contributed by atoms with E-state index >= 15 is 0 Å². The molecular formula is C17H28. The molecule has 1 aromatic carbocycles. The molecule has 1 aliphatic carbocycles. The molecule has 0 radical (unpaired) electrons. The standard InChI is InChI=1S/C11H10.3C2H6/c1-9-6-7-10-4-2-3-5-11(10)8-9;3*1-2/h2-7H,1,8H2;3*1-2H3. The largest absolute Gasteiger partial charge is 0.0955 e. The van der Waals surface area contributed by atoms with E-state index in [4.69, 9.17) is 0 Å². The lowest BCUT2D eigenvalue weighted by Crippen LogP contribution is -1.94. The monoisotopic (exact) mass is 232 g/mol. The van der Waals surface area contributed by atoms with Gasteiger partial charge in [-0.05, 0) is 17.5 Å². The summed E-state index contributed by atoms with van der Waals surface area (Å²) >= 11 is 0. The lowest BCUT2D eigenvalue weighted by Gasteiger charge is -2.10. The van der Waals surface area contributed by atoms with Gasteiger partial charge in [-0.3, -0.25) is 0 Å². The van der Waals surface area contributed by atoms with Gasteiger partial charge in [0.05, 0.1) is 0 Å². The second kappa shape index (κ2) is 12.8. The van der Waals surface area contributed by atoms with Crippen molar-refractivity contribution in [2.45, 2.75) is 48.0 Å². The molecule has 0 heterocycles. The first-order chi connectivity index (χ1) is 8.36. The second-order valence-corrected chi connectivity index (χ2v) is 2.87. The first kappa shape index (κ1) is 18.1. The topological polar surface area (TPSA) is 0 Å². The molecule has 2 rings (SSSR count). The van der Waals surface area contributed by atoms with Gasteiger partial charge in [0.1, 0.15) is 0 Å². The molecule has 1 aromatic rings. The molecule has 0 saturated carbocycles. The highest BCUT2D eigenvalue weighted by Crippen LogP contribution is 2.20. The molecule has 0 bridgehead atoms. The van der Waals surface area contributed by atoms with E-state index in [1.807, 2.05) is 41.5 Å². The maximum absolute atomic E-state index is 3.93. The van der Waals surface area contributed by atoms with Crippen molar-refractivity contribution in [3.63, 3.8) is 0 Å². The maximum atomic E-state index is 3.93. The van der Waals surface area contributed by atoms with Crippen molar-refractivity contribution < 1.29 is 0 Å². The minimum atomic E-state index is 1.01. The fourth-order valence-electron chi connectivity index (χ4n) is 1.37. The minimum Gasteiger partial charge on any atom is -0.0955 e. The summed E-state index contributed by atoms with van der Waals surface area (Å²) in [4.78, 5) is 0. The molecule has 1 aliphatic rings. The van der Waals surface area contributed by atoms with Crippen molar-refractivity contribution in [1.82, 2.24) is 0 Å². The summed E-state index contributed by atoms with van der Waals surface area (Å²) in [6.07, 6.45) is 5.22. The average Bonchev–Trinajstić information content (AvgIpc) is 2.45. The predicted molar refractivity (Wildman–Crippen MR) is 82.4 cm³/mol. The summed E-state index contributed by atoms with van der Waals surface area (Å²) < 4.78 is 0. The molecule has 0 atom stereocenters. The number of allylic oxidation sites excluding steroid dienone is 2. The van der Waals surface area contributed by atoms with Gasteiger partial charge in [-0.15, -0.1) is 0 Å². The summed E-state index contributed by atoms with van der Waals surface area (Å²) in [5.41, 5.74) is 3.92. The van der Waals surface area contributed by atoms with Crippen LogP contribution >= 0.6 is 0 Å². The zero-order valence-corrected chi connectivity index (χ0v) is 12.4. The summed E-state index contributed by atoms with van der Waals surface area (Å²) in [5.74, 6) is 0. The molecule has 0 saturated heterocycles. The zero-order valence-electron chi connectivity index (χ0n) is 12.4. The SMILES string of the molecule is C=C1C=Cc2ccccc2C1.CC.CC.CC. The Hall–Kier alpha value is -1.30. The number of benzene rings is 1. The Kier molecular flexibility index (Phi) is 13.6. The van der Waals surface area contributed by atoms with Crippen LogP contribution in [0.15, 0.2) is 42.5 Å². The molecule has 0 N–H and O–H groups in total. The summed E-state index contributed by atoms with van der Waals surface area (Å²) in [6.45, 7) is 15.9. The van der Waals surface area contributed by atoms with Gasteiger partial charge in [0.2, 0.25) is 0 Å². The van der Waals surface area contributed by atoms with E-state index in [2.05, 4.69) is 43.0 Å². The van der Waals surface area contributed by atoms with Gasteiger partial charge < -0.3 is 0 Å². The van der Waals surface area contributed by atoms with Crippen molar-refractivity contribution in [2.75, 3.05) is 0 Å². The molecule has 0 heteroatoms. The van der Waals surface area contributed by atoms with Crippen LogP contribution in [0.25, 0.3) is 6.08 Å². The Bertz CT molecular complexity index is 319. The van der Waals surface area contributed by atoms with Crippen LogP contribution < -0.4 is 0 Å². The fraction of sp³-hybridized carbons (Fsp3) is 0.412. The van der Waals surface area contributed by atoms with E-state index in [1.54, 1.807) is 0 Å².